The van der Waals surface area contributed by atoms with Crippen molar-refractivity contribution in [3.63, 3.8) is 0 Å². The van der Waals surface area contributed by atoms with Crippen LogP contribution in [0.2, 0.25) is 0 Å². The maximum atomic E-state index is 13.3. The molecule has 31 heavy (non-hydrogen) atoms. The molecule has 0 saturated carbocycles. The first-order valence-corrected chi connectivity index (χ1v) is 11.9. The Morgan fingerprint density at radius 2 is 1.68 bits per heavy atom. The highest BCUT2D eigenvalue weighted by atomic mass is 32.2. The Kier molecular flexibility index (Phi) is 6.25. The van der Waals surface area contributed by atoms with E-state index in [4.69, 9.17) is 4.42 Å². The number of hydrogen-bond donors (Lipinski definition) is 0. The summed E-state index contributed by atoms with van der Waals surface area (Å²) < 4.78 is 32.9. The highest BCUT2D eigenvalue weighted by molar-refractivity contribution is 7.89. The van der Waals surface area contributed by atoms with Crippen molar-refractivity contribution in [2.75, 3.05) is 18.0 Å². The van der Waals surface area contributed by atoms with Gasteiger partial charge in [-0.15, -0.1) is 0 Å². The van der Waals surface area contributed by atoms with Gasteiger partial charge in [0.15, 0.2) is 0 Å². The molecule has 0 spiro atoms. The van der Waals surface area contributed by atoms with Crippen molar-refractivity contribution in [1.82, 2.24) is 4.31 Å². The van der Waals surface area contributed by atoms with Crippen LogP contribution in [0.5, 0.6) is 0 Å². The van der Waals surface area contributed by atoms with Crippen LogP contribution in [0.3, 0.4) is 0 Å². The number of para-hydroxylation sites is 1. The van der Waals surface area contributed by atoms with E-state index in [1.54, 1.807) is 29.4 Å². The summed E-state index contributed by atoms with van der Waals surface area (Å²) >= 11 is 0. The van der Waals surface area contributed by atoms with Crippen molar-refractivity contribution in [2.45, 2.75) is 31.2 Å². The second-order valence-corrected chi connectivity index (χ2v) is 9.86. The molecule has 1 aromatic heterocycles. The minimum Gasteiger partial charge on any atom is -0.467 e. The van der Waals surface area contributed by atoms with Crippen LogP contribution in [0.4, 0.5) is 5.69 Å². The number of amides is 1. The third-order valence-corrected chi connectivity index (χ3v) is 7.60. The Morgan fingerprint density at radius 1 is 1.00 bits per heavy atom. The standard InChI is InChI=1S/C24H26N2O4S/c1-19-13-15-25(16-14-19)31(28,29)23-11-9-20(10-12-23)24(27)26(18-22-8-5-17-30-22)21-6-3-2-4-7-21/h2-12,17,19H,13-16,18H2,1H3. The van der Waals surface area contributed by atoms with Crippen molar-refractivity contribution in [1.29, 1.82) is 0 Å². The van der Waals surface area contributed by atoms with E-state index in [9.17, 15) is 13.2 Å². The van der Waals surface area contributed by atoms with Crippen LogP contribution in [0.15, 0.2) is 82.3 Å². The van der Waals surface area contributed by atoms with Crippen LogP contribution in [-0.2, 0) is 16.6 Å². The smallest absolute Gasteiger partial charge is 0.258 e. The van der Waals surface area contributed by atoms with Crippen LogP contribution in [0.1, 0.15) is 35.9 Å². The van der Waals surface area contributed by atoms with Gasteiger partial charge in [-0.3, -0.25) is 4.79 Å². The molecule has 162 valence electrons. The number of sulfonamides is 1. The molecule has 3 aromatic rings. The molecule has 7 heteroatoms. The minimum atomic E-state index is -3.55. The van der Waals surface area contributed by atoms with Gasteiger partial charge in [-0.2, -0.15) is 4.31 Å². The summed E-state index contributed by atoms with van der Waals surface area (Å²) in [5, 5.41) is 0. The minimum absolute atomic E-state index is 0.218. The monoisotopic (exact) mass is 438 g/mol. The van der Waals surface area contributed by atoms with Crippen molar-refractivity contribution >= 4 is 21.6 Å². The van der Waals surface area contributed by atoms with Crippen LogP contribution >= 0.6 is 0 Å². The van der Waals surface area contributed by atoms with E-state index in [1.165, 1.54) is 16.4 Å². The molecule has 1 aliphatic rings. The van der Waals surface area contributed by atoms with Gasteiger partial charge < -0.3 is 9.32 Å². The van der Waals surface area contributed by atoms with Crippen LogP contribution in [-0.4, -0.2) is 31.7 Å². The number of rotatable bonds is 6. The Labute approximate surface area is 183 Å². The summed E-state index contributed by atoms with van der Waals surface area (Å²) in [7, 11) is -3.55. The number of carbonyl (C=O) groups is 1. The highest BCUT2D eigenvalue weighted by Gasteiger charge is 2.28. The first kappa shape index (κ1) is 21.3. The molecule has 0 atom stereocenters. The number of carbonyl (C=O) groups excluding carboxylic acids is 1. The van der Waals surface area contributed by atoms with Gasteiger partial charge in [0.1, 0.15) is 5.76 Å². The van der Waals surface area contributed by atoms with Crippen molar-refractivity contribution in [3.05, 3.63) is 84.3 Å². The zero-order valence-corrected chi connectivity index (χ0v) is 18.3. The summed E-state index contributed by atoms with van der Waals surface area (Å²) in [6.07, 6.45) is 3.31. The van der Waals surface area contributed by atoms with Crippen LogP contribution < -0.4 is 4.90 Å². The second-order valence-electron chi connectivity index (χ2n) is 7.92. The van der Waals surface area contributed by atoms with Gasteiger partial charge in [0.25, 0.3) is 5.91 Å². The highest BCUT2D eigenvalue weighted by Crippen LogP contribution is 2.25. The molecular formula is C24H26N2O4S. The molecule has 0 bridgehead atoms. The number of furan rings is 1. The van der Waals surface area contributed by atoms with Crippen molar-refractivity contribution in [2.24, 2.45) is 5.92 Å². The number of piperidine rings is 1. The van der Waals surface area contributed by atoms with E-state index >= 15 is 0 Å². The van der Waals surface area contributed by atoms with Gasteiger partial charge >= 0.3 is 0 Å². The molecule has 2 aromatic carbocycles. The van der Waals surface area contributed by atoms with Crippen molar-refractivity contribution in [3.8, 4) is 0 Å². The molecular weight excluding hydrogens is 412 g/mol. The van der Waals surface area contributed by atoms with E-state index in [0.717, 1.165) is 18.5 Å². The predicted octanol–water partition coefficient (Wildman–Crippen LogP) is 4.55. The first-order valence-electron chi connectivity index (χ1n) is 10.4. The van der Waals surface area contributed by atoms with Gasteiger partial charge in [0.2, 0.25) is 10.0 Å². The molecule has 1 fully saturated rings. The fourth-order valence-corrected chi connectivity index (χ4v) is 5.22. The van der Waals surface area contributed by atoms with Gasteiger partial charge in [-0.1, -0.05) is 25.1 Å². The topological polar surface area (TPSA) is 70.8 Å². The third-order valence-electron chi connectivity index (χ3n) is 5.69. The van der Waals surface area contributed by atoms with Crippen LogP contribution in [0, 0.1) is 5.92 Å². The summed E-state index contributed by atoms with van der Waals surface area (Å²) in [5.74, 6) is 0.985. The first-order chi connectivity index (χ1) is 14.9. The fourth-order valence-electron chi connectivity index (χ4n) is 3.75. The van der Waals surface area contributed by atoms with E-state index in [2.05, 4.69) is 6.92 Å². The lowest BCUT2D eigenvalue weighted by molar-refractivity contribution is 0.0983. The van der Waals surface area contributed by atoms with E-state index in [-0.39, 0.29) is 17.3 Å². The molecule has 2 heterocycles. The third kappa shape index (κ3) is 4.73. The van der Waals surface area contributed by atoms with E-state index in [1.807, 2.05) is 36.4 Å². The van der Waals surface area contributed by atoms with Gasteiger partial charge in [-0.25, -0.2) is 8.42 Å². The molecule has 4 rings (SSSR count). The molecule has 1 amide bonds. The summed E-state index contributed by atoms with van der Waals surface area (Å²) in [5.41, 5.74) is 1.16. The molecule has 0 aliphatic carbocycles. The van der Waals surface area contributed by atoms with Gasteiger partial charge in [-0.05, 0) is 67.3 Å². The Hall–Kier alpha value is -2.90. The normalized spacial score (nSPS) is 15.6. The average molecular weight is 439 g/mol. The second kappa shape index (κ2) is 9.08. The Bertz CT molecular complexity index is 1100. The maximum absolute atomic E-state index is 13.3. The number of hydrogen-bond acceptors (Lipinski definition) is 4. The zero-order chi connectivity index (χ0) is 21.8. The zero-order valence-electron chi connectivity index (χ0n) is 17.5. The van der Waals surface area contributed by atoms with Crippen LogP contribution in [0.25, 0.3) is 0 Å². The quantitative estimate of drug-likeness (QED) is 0.566. The van der Waals surface area contributed by atoms with Crippen molar-refractivity contribution < 1.29 is 17.6 Å². The molecule has 0 radical (unpaired) electrons. The maximum Gasteiger partial charge on any atom is 0.258 e. The molecule has 1 saturated heterocycles. The average Bonchev–Trinajstić information content (AvgIpc) is 3.31. The summed E-state index contributed by atoms with van der Waals surface area (Å²) in [4.78, 5) is 15.1. The molecule has 1 aliphatic heterocycles. The molecule has 6 nitrogen and oxygen atoms in total. The summed E-state index contributed by atoms with van der Waals surface area (Å²) in [6.45, 7) is 3.50. The van der Waals surface area contributed by atoms with Gasteiger partial charge in [0, 0.05) is 24.3 Å². The number of nitrogens with zero attached hydrogens (tertiary/aromatic N) is 2. The SMILES string of the molecule is CC1CCN(S(=O)(=O)c2ccc(C(=O)N(Cc3ccco3)c3ccccc3)cc2)CC1. The number of benzene rings is 2. The summed E-state index contributed by atoms with van der Waals surface area (Å²) in [6, 6.07) is 19.2. The molecule has 0 unspecified atom stereocenters. The molecule has 0 N–H and O–H groups in total. The van der Waals surface area contributed by atoms with E-state index in [0.29, 0.717) is 30.3 Å². The largest absolute Gasteiger partial charge is 0.467 e. The fraction of sp³-hybridized carbons (Fsp3) is 0.292. The lowest BCUT2D eigenvalue weighted by atomic mass is 10.0. The predicted molar refractivity (Wildman–Crippen MR) is 119 cm³/mol. The van der Waals surface area contributed by atoms with Gasteiger partial charge in [0.05, 0.1) is 17.7 Å². The lowest BCUT2D eigenvalue weighted by Gasteiger charge is -2.29. The number of anilines is 1. The Balaban J connectivity index is 1.57. The Morgan fingerprint density at radius 3 is 2.29 bits per heavy atom. The lowest BCUT2D eigenvalue weighted by Crippen LogP contribution is -2.37. The van der Waals surface area contributed by atoms with E-state index < -0.39 is 10.0 Å².